The maximum Gasteiger partial charge on any atom is 0.337 e. The van der Waals surface area contributed by atoms with Gasteiger partial charge in [0.2, 0.25) is 0 Å². The molecule has 0 N–H and O–H groups in total. The molecule has 4 aromatic carbocycles. The Labute approximate surface area is 209 Å². The molecule has 0 unspecified atom stereocenters. The third-order valence-corrected chi connectivity index (χ3v) is 5.66. The molecular formula is C30H24O6. The second-order valence-electron chi connectivity index (χ2n) is 8.05. The molecule has 4 rings (SSSR count). The summed E-state index contributed by atoms with van der Waals surface area (Å²) >= 11 is 0. The molecule has 6 nitrogen and oxygen atoms in total. The van der Waals surface area contributed by atoms with Crippen LogP contribution in [0.4, 0.5) is 0 Å². The summed E-state index contributed by atoms with van der Waals surface area (Å²) in [4.78, 5) is 35.0. The summed E-state index contributed by atoms with van der Waals surface area (Å²) in [6.45, 7) is 1.36. The summed E-state index contributed by atoms with van der Waals surface area (Å²) in [5, 5.41) is 0. The molecule has 6 heteroatoms. The lowest BCUT2D eigenvalue weighted by atomic mass is 9.92. The molecule has 0 radical (unpaired) electrons. The molecule has 0 fully saturated rings. The van der Waals surface area contributed by atoms with Gasteiger partial charge >= 0.3 is 17.9 Å². The minimum absolute atomic E-state index is 0.377. The number of carbonyl (C=O) groups is 3. The van der Waals surface area contributed by atoms with Crippen LogP contribution >= 0.6 is 0 Å². The van der Waals surface area contributed by atoms with Crippen molar-refractivity contribution in [3.8, 4) is 39.1 Å². The maximum absolute atomic E-state index is 11.8. The van der Waals surface area contributed by atoms with Crippen molar-refractivity contribution in [1.82, 2.24) is 0 Å². The SMILES string of the molecule is COC(=O)c1ccc(-c2cc(-c3ccc(OC(C)=O)cc3)cc(-c3ccc(C(=O)OC)cc3)c2)cc1. The minimum atomic E-state index is -0.394. The standard InChI is InChI=1S/C30H24O6/c1-19(31)36-28-14-12-22(13-15-28)27-17-25(20-4-8-23(9-5-20)29(32)34-2)16-26(18-27)21-6-10-24(11-7-21)30(33)35-3/h4-18H,1-3H3. The quantitative estimate of drug-likeness (QED) is 0.242. The molecule has 0 aliphatic heterocycles. The highest BCUT2D eigenvalue weighted by Gasteiger charge is 2.11. The molecule has 0 saturated carbocycles. The first-order valence-electron chi connectivity index (χ1n) is 11.2. The van der Waals surface area contributed by atoms with Crippen LogP contribution in [-0.4, -0.2) is 32.1 Å². The van der Waals surface area contributed by atoms with E-state index >= 15 is 0 Å². The first-order chi connectivity index (χ1) is 17.4. The molecule has 36 heavy (non-hydrogen) atoms. The van der Waals surface area contributed by atoms with Crippen molar-refractivity contribution in [2.45, 2.75) is 6.92 Å². The minimum Gasteiger partial charge on any atom is -0.465 e. The van der Waals surface area contributed by atoms with E-state index in [9.17, 15) is 14.4 Å². The highest BCUT2D eigenvalue weighted by atomic mass is 16.5. The van der Waals surface area contributed by atoms with Crippen LogP contribution in [0.5, 0.6) is 5.75 Å². The first kappa shape index (κ1) is 24.4. The van der Waals surface area contributed by atoms with Gasteiger partial charge < -0.3 is 14.2 Å². The number of methoxy groups -OCH3 is 2. The van der Waals surface area contributed by atoms with Gasteiger partial charge in [0.05, 0.1) is 25.3 Å². The van der Waals surface area contributed by atoms with E-state index < -0.39 is 11.9 Å². The number of carbonyl (C=O) groups excluding carboxylic acids is 3. The number of esters is 3. The zero-order chi connectivity index (χ0) is 25.7. The monoisotopic (exact) mass is 480 g/mol. The fraction of sp³-hybridized carbons (Fsp3) is 0.100. The Morgan fingerprint density at radius 2 is 0.833 bits per heavy atom. The van der Waals surface area contributed by atoms with Crippen LogP contribution in [0.1, 0.15) is 27.6 Å². The lowest BCUT2D eigenvalue weighted by molar-refractivity contribution is -0.131. The van der Waals surface area contributed by atoms with Gasteiger partial charge in [0.1, 0.15) is 5.75 Å². The largest absolute Gasteiger partial charge is 0.465 e. The number of ether oxygens (including phenoxy) is 3. The Hall–Kier alpha value is -4.71. The predicted octanol–water partition coefficient (Wildman–Crippen LogP) is 6.19. The zero-order valence-electron chi connectivity index (χ0n) is 20.1. The van der Waals surface area contributed by atoms with Crippen molar-refractivity contribution in [3.63, 3.8) is 0 Å². The van der Waals surface area contributed by atoms with E-state index in [0.717, 1.165) is 33.4 Å². The van der Waals surface area contributed by atoms with E-state index in [1.54, 1.807) is 36.4 Å². The number of hydrogen-bond acceptors (Lipinski definition) is 6. The van der Waals surface area contributed by atoms with Gasteiger partial charge in [-0.2, -0.15) is 0 Å². The van der Waals surface area contributed by atoms with E-state index in [1.165, 1.54) is 21.1 Å². The molecule has 0 saturated heterocycles. The molecule has 0 aliphatic carbocycles. The van der Waals surface area contributed by atoms with Gasteiger partial charge in [-0.05, 0) is 88.0 Å². The van der Waals surface area contributed by atoms with Crippen molar-refractivity contribution >= 4 is 17.9 Å². The summed E-state index contributed by atoms with van der Waals surface area (Å²) < 4.78 is 14.8. The third kappa shape index (κ3) is 5.50. The summed E-state index contributed by atoms with van der Waals surface area (Å²) in [7, 11) is 2.70. The molecule has 0 heterocycles. The van der Waals surface area contributed by atoms with Crippen molar-refractivity contribution < 1.29 is 28.6 Å². The van der Waals surface area contributed by atoms with Crippen LogP contribution in [0.15, 0.2) is 91.0 Å². The van der Waals surface area contributed by atoms with E-state index in [4.69, 9.17) is 14.2 Å². The predicted molar refractivity (Wildman–Crippen MR) is 137 cm³/mol. The lowest BCUT2D eigenvalue weighted by Gasteiger charge is -2.12. The van der Waals surface area contributed by atoms with Crippen molar-refractivity contribution in [2.75, 3.05) is 14.2 Å². The van der Waals surface area contributed by atoms with Gasteiger partial charge in [0.25, 0.3) is 0 Å². The fourth-order valence-corrected chi connectivity index (χ4v) is 3.84. The van der Waals surface area contributed by atoms with E-state index in [1.807, 2.05) is 36.4 Å². The van der Waals surface area contributed by atoms with Crippen LogP contribution in [0.25, 0.3) is 33.4 Å². The van der Waals surface area contributed by atoms with Crippen LogP contribution in [-0.2, 0) is 14.3 Å². The second kappa shape index (κ2) is 10.7. The van der Waals surface area contributed by atoms with E-state index in [-0.39, 0.29) is 5.97 Å². The fourth-order valence-electron chi connectivity index (χ4n) is 3.84. The molecule has 0 bridgehead atoms. The molecule has 180 valence electrons. The van der Waals surface area contributed by atoms with Crippen LogP contribution in [0.2, 0.25) is 0 Å². The van der Waals surface area contributed by atoms with Crippen LogP contribution in [0.3, 0.4) is 0 Å². The summed E-state index contributed by atoms with van der Waals surface area (Å²) in [5.41, 5.74) is 6.56. The van der Waals surface area contributed by atoms with Gasteiger partial charge in [0.15, 0.2) is 0 Å². The Balaban J connectivity index is 1.78. The third-order valence-electron chi connectivity index (χ3n) is 5.66. The lowest BCUT2D eigenvalue weighted by Crippen LogP contribution is -2.01. The summed E-state index contributed by atoms with van der Waals surface area (Å²) in [6, 6.07) is 27.9. The van der Waals surface area contributed by atoms with Gasteiger partial charge in [-0.25, -0.2) is 9.59 Å². The smallest absolute Gasteiger partial charge is 0.337 e. The van der Waals surface area contributed by atoms with Crippen LogP contribution in [0, 0.1) is 0 Å². The molecule has 4 aromatic rings. The molecule has 0 spiro atoms. The van der Waals surface area contributed by atoms with Crippen molar-refractivity contribution in [1.29, 1.82) is 0 Å². The normalized spacial score (nSPS) is 10.4. The Morgan fingerprint density at radius 1 is 0.500 bits per heavy atom. The second-order valence-corrected chi connectivity index (χ2v) is 8.05. The molecule has 0 amide bonds. The average molecular weight is 481 g/mol. The first-order valence-corrected chi connectivity index (χ1v) is 11.2. The van der Waals surface area contributed by atoms with E-state index in [0.29, 0.717) is 16.9 Å². The highest BCUT2D eigenvalue weighted by molar-refractivity contribution is 5.91. The summed E-state index contributed by atoms with van der Waals surface area (Å²) in [6.07, 6.45) is 0. The van der Waals surface area contributed by atoms with Gasteiger partial charge in [-0.15, -0.1) is 0 Å². The van der Waals surface area contributed by atoms with Crippen molar-refractivity contribution in [3.05, 3.63) is 102 Å². The summed E-state index contributed by atoms with van der Waals surface area (Å²) in [5.74, 6) is -0.693. The van der Waals surface area contributed by atoms with Gasteiger partial charge in [-0.1, -0.05) is 36.4 Å². The Morgan fingerprint density at radius 3 is 1.14 bits per heavy atom. The molecule has 0 aliphatic rings. The molecular weight excluding hydrogens is 456 g/mol. The average Bonchev–Trinajstić information content (AvgIpc) is 2.92. The van der Waals surface area contributed by atoms with Gasteiger partial charge in [-0.3, -0.25) is 4.79 Å². The number of hydrogen-bond donors (Lipinski definition) is 0. The zero-order valence-corrected chi connectivity index (χ0v) is 20.1. The maximum atomic E-state index is 11.8. The number of benzene rings is 4. The van der Waals surface area contributed by atoms with Crippen molar-refractivity contribution in [2.24, 2.45) is 0 Å². The number of rotatable bonds is 6. The van der Waals surface area contributed by atoms with Crippen LogP contribution < -0.4 is 4.74 Å². The molecule has 0 aromatic heterocycles. The van der Waals surface area contributed by atoms with E-state index in [2.05, 4.69) is 18.2 Å². The molecule has 0 atom stereocenters. The Bertz CT molecular complexity index is 1320. The topological polar surface area (TPSA) is 78.9 Å². The Kier molecular flexibility index (Phi) is 7.25. The van der Waals surface area contributed by atoms with Gasteiger partial charge in [0, 0.05) is 6.92 Å². The highest BCUT2D eigenvalue weighted by Crippen LogP contribution is 2.34.